The van der Waals surface area contributed by atoms with Crippen LogP contribution >= 0.6 is 0 Å². The molecule has 0 radical (unpaired) electrons. The van der Waals surface area contributed by atoms with Crippen molar-refractivity contribution in [3.63, 3.8) is 0 Å². The van der Waals surface area contributed by atoms with Crippen LogP contribution in [0, 0.1) is 11.6 Å². The fourth-order valence-corrected chi connectivity index (χ4v) is 0.850. The Kier molecular flexibility index (Phi) is 6.00. The quantitative estimate of drug-likeness (QED) is 0.671. The van der Waals surface area contributed by atoms with Crippen LogP contribution in [-0.4, -0.2) is 4.98 Å². The number of hydrogen-bond acceptors (Lipinski definition) is 1. The van der Waals surface area contributed by atoms with Crippen molar-refractivity contribution in [2.45, 2.75) is 40.0 Å². The van der Waals surface area contributed by atoms with Gasteiger partial charge < -0.3 is 0 Å². The van der Waals surface area contributed by atoms with Crippen LogP contribution in [0.15, 0.2) is 12.3 Å². The summed E-state index contributed by atoms with van der Waals surface area (Å²) in [6, 6.07) is 0.850. The fourth-order valence-electron chi connectivity index (χ4n) is 0.850. The Morgan fingerprint density at radius 3 is 2.14 bits per heavy atom. The predicted molar refractivity (Wildman–Crippen MR) is 54.2 cm³/mol. The molecule has 0 aliphatic rings. The first-order valence-electron chi connectivity index (χ1n) is 4.83. The third kappa shape index (κ3) is 4.30. The topological polar surface area (TPSA) is 12.9 Å². The molecule has 0 bridgehead atoms. The van der Waals surface area contributed by atoms with Crippen molar-refractivity contribution in [2.75, 3.05) is 0 Å². The number of pyridine rings is 1. The molecule has 1 nitrogen and oxygen atoms in total. The second kappa shape index (κ2) is 6.46. The van der Waals surface area contributed by atoms with E-state index in [2.05, 4.69) is 18.8 Å². The first-order chi connectivity index (χ1) is 6.52. The molecule has 0 saturated heterocycles. The van der Waals surface area contributed by atoms with Crippen LogP contribution in [0.4, 0.5) is 8.78 Å². The van der Waals surface area contributed by atoms with Gasteiger partial charge in [0.2, 0.25) is 0 Å². The molecule has 0 unspecified atom stereocenters. The van der Waals surface area contributed by atoms with Crippen LogP contribution < -0.4 is 0 Å². The molecule has 0 aliphatic carbocycles. The number of hydrogen-bond donors (Lipinski definition) is 0. The minimum absolute atomic E-state index is 0.00407. The third-order valence-electron chi connectivity index (χ3n) is 1.38. The molecule has 1 rings (SSSR count). The second-order valence-electron chi connectivity index (χ2n) is 3.38. The summed E-state index contributed by atoms with van der Waals surface area (Å²) >= 11 is 0. The van der Waals surface area contributed by atoms with Gasteiger partial charge in [0.05, 0.1) is 11.9 Å². The lowest BCUT2D eigenvalue weighted by atomic mass is 10.1. The first-order valence-corrected chi connectivity index (χ1v) is 4.83. The largest absolute Gasteiger partial charge is 0.255 e. The number of nitrogens with zero attached hydrogens (tertiary/aromatic N) is 1. The summed E-state index contributed by atoms with van der Waals surface area (Å²) < 4.78 is 25.1. The van der Waals surface area contributed by atoms with Crippen molar-refractivity contribution < 1.29 is 8.78 Å². The molecule has 14 heavy (non-hydrogen) atoms. The van der Waals surface area contributed by atoms with E-state index in [0.29, 0.717) is 5.69 Å². The zero-order valence-electron chi connectivity index (χ0n) is 9.14. The molecule has 1 aromatic rings. The van der Waals surface area contributed by atoms with E-state index in [1.54, 1.807) is 0 Å². The maximum absolute atomic E-state index is 12.8. The Bertz CT molecular complexity index is 272. The van der Waals surface area contributed by atoms with Gasteiger partial charge in [-0.3, -0.25) is 4.98 Å². The van der Waals surface area contributed by atoms with Gasteiger partial charge in [-0.15, -0.1) is 0 Å². The highest BCUT2D eigenvalue weighted by Gasteiger charge is 2.08. The van der Waals surface area contributed by atoms with Crippen LogP contribution in [0.2, 0.25) is 0 Å². The van der Waals surface area contributed by atoms with Gasteiger partial charge in [-0.25, -0.2) is 8.78 Å². The molecular formula is C11H17F2N. The minimum atomic E-state index is -0.632. The zero-order chi connectivity index (χ0) is 11.1. The average molecular weight is 201 g/mol. The lowest BCUT2D eigenvalue weighted by Crippen LogP contribution is -1.97. The molecular weight excluding hydrogens is 184 g/mol. The van der Waals surface area contributed by atoms with Gasteiger partial charge in [-0.05, 0) is 5.92 Å². The molecule has 0 spiro atoms. The monoisotopic (exact) mass is 201 g/mol. The van der Waals surface area contributed by atoms with Gasteiger partial charge in [0, 0.05) is 6.07 Å². The summed E-state index contributed by atoms with van der Waals surface area (Å²) in [7, 11) is 0. The summed E-state index contributed by atoms with van der Waals surface area (Å²) in [5.41, 5.74) is 0.311. The molecule has 0 atom stereocenters. The van der Waals surface area contributed by atoms with E-state index in [1.807, 2.05) is 13.8 Å². The Labute approximate surface area is 84.2 Å². The first kappa shape index (κ1) is 13.0. The van der Waals surface area contributed by atoms with Gasteiger partial charge in [-0.1, -0.05) is 34.1 Å². The minimum Gasteiger partial charge on any atom is -0.255 e. The summed E-state index contributed by atoms with van der Waals surface area (Å²) in [5.74, 6) is -1.21. The van der Waals surface area contributed by atoms with Gasteiger partial charge >= 0.3 is 0 Å². The number of halogens is 2. The predicted octanol–water partition coefficient (Wildman–Crippen LogP) is 3.90. The standard InChI is InChI=1S/C8H9F2N.C3H8/c1-5(2)8-7(10)3-6(9)4-11-8;1-3-2/h3-5H,1-2H3;3H2,1-2H3. The van der Waals surface area contributed by atoms with Crippen LogP contribution in [-0.2, 0) is 0 Å². The molecule has 0 saturated carbocycles. The van der Waals surface area contributed by atoms with Crippen LogP contribution in [0.1, 0.15) is 45.7 Å². The Balaban J connectivity index is 0.000000500. The van der Waals surface area contributed by atoms with Crippen molar-refractivity contribution in [3.8, 4) is 0 Å². The highest BCUT2D eigenvalue weighted by Crippen LogP contribution is 2.15. The second-order valence-corrected chi connectivity index (χ2v) is 3.38. The van der Waals surface area contributed by atoms with Gasteiger partial charge in [0.15, 0.2) is 0 Å². The summed E-state index contributed by atoms with van der Waals surface area (Å²) in [6.07, 6.45) is 2.28. The van der Waals surface area contributed by atoms with E-state index >= 15 is 0 Å². The Morgan fingerprint density at radius 1 is 1.29 bits per heavy atom. The highest BCUT2D eigenvalue weighted by atomic mass is 19.1. The molecule has 1 heterocycles. The zero-order valence-corrected chi connectivity index (χ0v) is 9.14. The van der Waals surface area contributed by atoms with E-state index in [-0.39, 0.29) is 5.92 Å². The Hall–Kier alpha value is -0.990. The van der Waals surface area contributed by atoms with Gasteiger partial charge in [0.1, 0.15) is 11.6 Å². The number of rotatable bonds is 1. The SMILES string of the molecule is CC(C)c1ncc(F)cc1F.CCC. The van der Waals surface area contributed by atoms with E-state index in [4.69, 9.17) is 0 Å². The third-order valence-corrected chi connectivity index (χ3v) is 1.38. The normalized spacial score (nSPS) is 9.64. The van der Waals surface area contributed by atoms with Crippen molar-refractivity contribution in [3.05, 3.63) is 29.6 Å². The maximum Gasteiger partial charge on any atom is 0.147 e. The van der Waals surface area contributed by atoms with E-state index < -0.39 is 11.6 Å². The van der Waals surface area contributed by atoms with Crippen molar-refractivity contribution in [2.24, 2.45) is 0 Å². The fraction of sp³-hybridized carbons (Fsp3) is 0.545. The van der Waals surface area contributed by atoms with E-state index in [1.165, 1.54) is 6.42 Å². The smallest absolute Gasteiger partial charge is 0.147 e. The van der Waals surface area contributed by atoms with Crippen LogP contribution in [0.25, 0.3) is 0 Å². The Morgan fingerprint density at radius 2 is 1.79 bits per heavy atom. The molecule has 0 aromatic carbocycles. The average Bonchev–Trinajstić information content (AvgIpc) is 2.04. The lowest BCUT2D eigenvalue weighted by Gasteiger charge is -2.03. The van der Waals surface area contributed by atoms with Crippen molar-refractivity contribution in [1.29, 1.82) is 0 Å². The molecule has 0 amide bonds. The molecule has 3 heteroatoms. The molecule has 0 fully saturated rings. The maximum atomic E-state index is 12.8. The lowest BCUT2D eigenvalue weighted by molar-refractivity contribution is 0.548. The summed E-state index contributed by atoms with van der Waals surface area (Å²) in [6.45, 7) is 7.87. The van der Waals surface area contributed by atoms with Crippen molar-refractivity contribution >= 4 is 0 Å². The summed E-state index contributed by atoms with van der Waals surface area (Å²) in [5, 5.41) is 0. The summed E-state index contributed by atoms with van der Waals surface area (Å²) in [4.78, 5) is 3.63. The van der Waals surface area contributed by atoms with Crippen molar-refractivity contribution in [1.82, 2.24) is 4.98 Å². The van der Waals surface area contributed by atoms with Gasteiger partial charge in [-0.2, -0.15) is 0 Å². The van der Waals surface area contributed by atoms with E-state index in [9.17, 15) is 8.78 Å². The number of aromatic nitrogens is 1. The van der Waals surface area contributed by atoms with E-state index in [0.717, 1.165) is 12.3 Å². The highest BCUT2D eigenvalue weighted by molar-refractivity contribution is 5.11. The molecule has 0 aliphatic heterocycles. The van der Waals surface area contributed by atoms with Crippen LogP contribution in [0.3, 0.4) is 0 Å². The molecule has 0 N–H and O–H groups in total. The van der Waals surface area contributed by atoms with Gasteiger partial charge in [0.25, 0.3) is 0 Å². The molecule has 1 aromatic heterocycles. The molecule has 80 valence electrons. The van der Waals surface area contributed by atoms with Crippen LogP contribution in [0.5, 0.6) is 0 Å².